The minimum atomic E-state index is -0.411. The van der Waals surface area contributed by atoms with Crippen LogP contribution >= 0.6 is 0 Å². The van der Waals surface area contributed by atoms with Crippen molar-refractivity contribution < 1.29 is 14.6 Å². The first kappa shape index (κ1) is 9.51. The standard InChI is InChI=1S/C9H11NO3/c1-6-3-8(11)7(10-5-6)4-9(12)13-2/h3,5,11H,4H2,1-2H3. The second-order valence-electron chi connectivity index (χ2n) is 2.73. The molecular weight excluding hydrogens is 170 g/mol. The largest absolute Gasteiger partial charge is 0.506 e. The lowest BCUT2D eigenvalue weighted by Gasteiger charge is -2.02. The number of pyridine rings is 1. The highest BCUT2D eigenvalue weighted by molar-refractivity contribution is 5.72. The predicted molar refractivity (Wildman–Crippen MR) is 46.4 cm³/mol. The number of aromatic hydroxyl groups is 1. The number of hydrogen-bond acceptors (Lipinski definition) is 4. The van der Waals surface area contributed by atoms with Gasteiger partial charge in [0.1, 0.15) is 5.75 Å². The van der Waals surface area contributed by atoms with E-state index in [2.05, 4.69) is 9.72 Å². The molecule has 4 heteroatoms. The van der Waals surface area contributed by atoms with Gasteiger partial charge in [0.25, 0.3) is 0 Å². The number of carbonyl (C=O) groups is 1. The zero-order valence-corrected chi connectivity index (χ0v) is 7.57. The number of ether oxygens (including phenoxy) is 1. The molecule has 0 bridgehead atoms. The van der Waals surface area contributed by atoms with Gasteiger partial charge in [-0.2, -0.15) is 0 Å². The monoisotopic (exact) mass is 181 g/mol. The van der Waals surface area contributed by atoms with Crippen molar-refractivity contribution in [1.29, 1.82) is 0 Å². The number of esters is 1. The summed E-state index contributed by atoms with van der Waals surface area (Å²) in [6.07, 6.45) is 1.60. The van der Waals surface area contributed by atoms with Crippen molar-refractivity contribution in [3.05, 3.63) is 23.5 Å². The van der Waals surface area contributed by atoms with Crippen LogP contribution in [-0.4, -0.2) is 23.2 Å². The molecule has 0 unspecified atom stereocenters. The van der Waals surface area contributed by atoms with Gasteiger partial charge in [-0.1, -0.05) is 0 Å². The summed E-state index contributed by atoms with van der Waals surface area (Å²) < 4.78 is 4.45. The van der Waals surface area contributed by atoms with E-state index in [1.165, 1.54) is 7.11 Å². The van der Waals surface area contributed by atoms with Crippen molar-refractivity contribution in [3.8, 4) is 5.75 Å². The van der Waals surface area contributed by atoms with E-state index in [4.69, 9.17) is 0 Å². The number of rotatable bonds is 2. The lowest BCUT2D eigenvalue weighted by Crippen LogP contribution is -2.06. The molecule has 0 atom stereocenters. The van der Waals surface area contributed by atoms with Crippen LogP contribution in [0.5, 0.6) is 5.75 Å². The molecular formula is C9H11NO3. The number of aryl methyl sites for hydroxylation is 1. The minimum absolute atomic E-state index is 0.00259. The van der Waals surface area contributed by atoms with E-state index < -0.39 is 5.97 Å². The predicted octanol–water partition coefficient (Wildman–Crippen LogP) is 0.811. The Morgan fingerprint density at radius 2 is 2.38 bits per heavy atom. The third-order valence-corrected chi connectivity index (χ3v) is 1.62. The number of hydrogen-bond donors (Lipinski definition) is 1. The summed E-state index contributed by atoms with van der Waals surface area (Å²) >= 11 is 0. The van der Waals surface area contributed by atoms with E-state index >= 15 is 0 Å². The summed E-state index contributed by atoms with van der Waals surface area (Å²) in [6.45, 7) is 1.81. The third-order valence-electron chi connectivity index (χ3n) is 1.62. The van der Waals surface area contributed by atoms with Crippen molar-refractivity contribution in [2.45, 2.75) is 13.3 Å². The van der Waals surface area contributed by atoms with Crippen molar-refractivity contribution in [2.75, 3.05) is 7.11 Å². The number of aromatic nitrogens is 1. The van der Waals surface area contributed by atoms with Crippen LogP contribution < -0.4 is 0 Å². The number of methoxy groups -OCH3 is 1. The first-order chi connectivity index (χ1) is 6.13. The highest BCUT2D eigenvalue weighted by Gasteiger charge is 2.08. The first-order valence-corrected chi connectivity index (χ1v) is 3.85. The fourth-order valence-corrected chi connectivity index (χ4v) is 0.927. The molecule has 1 aromatic rings. The van der Waals surface area contributed by atoms with Gasteiger partial charge >= 0.3 is 5.97 Å². The Balaban J connectivity index is 2.83. The third kappa shape index (κ3) is 2.43. The van der Waals surface area contributed by atoms with E-state index in [1.807, 2.05) is 6.92 Å². The molecule has 0 radical (unpaired) electrons. The maximum atomic E-state index is 10.8. The van der Waals surface area contributed by atoms with Crippen molar-refractivity contribution in [3.63, 3.8) is 0 Å². The van der Waals surface area contributed by atoms with Gasteiger partial charge in [-0.3, -0.25) is 9.78 Å². The van der Waals surface area contributed by atoms with E-state index in [-0.39, 0.29) is 12.2 Å². The molecule has 1 N–H and O–H groups in total. The van der Waals surface area contributed by atoms with Crippen LogP contribution in [0.25, 0.3) is 0 Å². The SMILES string of the molecule is COC(=O)Cc1ncc(C)cc1O. The second-order valence-corrected chi connectivity index (χ2v) is 2.73. The van der Waals surface area contributed by atoms with E-state index in [1.54, 1.807) is 12.3 Å². The Morgan fingerprint density at radius 3 is 2.92 bits per heavy atom. The van der Waals surface area contributed by atoms with Crippen molar-refractivity contribution in [2.24, 2.45) is 0 Å². The molecule has 13 heavy (non-hydrogen) atoms. The summed E-state index contributed by atoms with van der Waals surface area (Å²) in [5, 5.41) is 9.37. The number of nitrogens with zero attached hydrogens (tertiary/aromatic N) is 1. The van der Waals surface area contributed by atoms with Gasteiger partial charge in [-0.05, 0) is 18.6 Å². The molecule has 1 heterocycles. The summed E-state index contributed by atoms with van der Waals surface area (Å²) in [7, 11) is 1.30. The molecule has 70 valence electrons. The van der Waals surface area contributed by atoms with E-state index in [0.717, 1.165) is 5.56 Å². The Labute approximate surface area is 76.2 Å². The molecule has 0 aromatic carbocycles. The average molecular weight is 181 g/mol. The zero-order valence-electron chi connectivity index (χ0n) is 7.57. The van der Waals surface area contributed by atoms with E-state index in [0.29, 0.717) is 5.69 Å². The van der Waals surface area contributed by atoms with Gasteiger partial charge in [0.15, 0.2) is 0 Å². The maximum absolute atomic E-state index is 10.8. The minimum Gasteiger partial charge on any atom is -0.506 e. The Hall–Kier alpha value is -1.58. The maximum Gasteiger partial charge on any atom is 0.311 e. The van der Waals surface area contributed by atoms with Crippen LogP contribution in [0, 0.1) is 6.92 Å². The zero-order chi connectivity index (χ0) is 9.84. The molecule has 0 saturated carbocycles. The molecule has 0 saturated heterocycles. The molecule has 0 fully saturated rings. The molecule has 0 aliphatic carbocycles. The van der Waals surface area contributed by atoms with E-state index in [9.17, 15) is 9.90 Å². The fourth-order valence-electron chi connectivity index (χ4n) is 0.927. The summed E-state index contributed by atoms with van der Waals surface area (Å²) in [5.74, 6) is -0.378. The topological polar surface area (TPSA) is 59.4 Å². The second kappa shape index (κ2) is 3.89. The van der Waals surface area contributed by atoms with Gasteiger partial charge < -0.3 is 9.84 Å². The summed E-state index contributed by atoms with van der Waals surface area (Å²) in [5.41, 5.74) is 1.20. The van der Waals surface area contributed by atoms with Gasteiger partial charge in [-0.25, -0.2) is 0 Å². The van der Waals surface area contributed by atoms with Gasteiger partial charge in [0.05, 0.1) is 19.2 Å². The molecule has 0 amide bonds. The van der Waals surface area contributed by atoms with Crippen LogP contribution in [0.4, 0.5) is 0 Å². The summed E-state index contributed by atoms with van der Waals surface area (Å²) in [4.78, 5) is 14.8. The highest BCUT2D eigenvalue weighted by Crippen LogP contribution is 2.15. The fraction of sp³-hybridized carbons (Fsp3) is 0.333. The molecule has 4 nitrogen and oxygen atoms in total. The molecule has 0 aliphatic rings. The molecule has 0 aliphatic heterocycles. The van der Waals surface area contributed by atoms with Gasteiger partial charge in [-0.15, -0.1) is 0 Å². The number of carbonyl (C=O) groups excluding carboxylic acids is 1. The van der Waals surface area contributed by atoms with Crippen molar-refractivity contribution in [1.82, 2.24) is 4.98 Å². The summed E-state index contributed by atoms with van der Waals surface area (Å²) in [6, 6.07) is 1.56. The molecule has 0 spiro atoms. The van der Waals surface area contributed by atoms with Crippen LogP contribution in [0.1, 0.15) is 11.3 Å². The smallest absolute Gasteiger partial charge is 0.311 e. The van der Waals surface area contributed by atoms with Crippen LogP contribution in [0.2, 0.25) is 0 Å². The average Bonchev–Trinajstić information content (AvgIpc) is 2.09. The highest BCUT2D eigenvalue weighted by atomic mass is 16.5. The normalized spacial score (nSPS) is 9.69. The quantitative estimate of drug-likeness (QED) is 0.686. The Kier molecular flexibility index (Phi) is 2.84. The molecule has 1 rings (SSSR count). The Bertz CT molecular complexity index is 323. The lowest BCUT2D eigenvalue weighted by molar-refractivity contribution is -0.139. The van der Waals surface area contributed by atoms with Crippen LogP contribution in [-0.2, 0) is 16.0 Å². The van der Waals surface area contributed by atoms with Crippen molar-refractivity contribution >= 4 is 5.97 Å². The van der Waals surface area contributed by atoms with Crippen LogP contribution in [0.3, 0.4) is 0 Å². The van der Waals surface area contributed by atoms with Crippen LogP contribution in [0.15, 0.2) is 12.3 Å². The lowest BCUT2D eigenvalue weighted by atomic mass is 10.2. The molecule has 1 aromatic heterocycles. The van der Waals surface area contributed by atoms with Gasteiger partial charge in [0, 0.05) is 6.20 Å². The Morgan fingerprint density at radius 1 is 1.69 bits per heavy atom. The first-order valence-electron chi connectivity index (χ1n) is 3.85. The van der Waals surface area contributed by atoms with Gasteiger partial charge in [0.2, 0.25) is 0 Å².